The molecule has 2 N–H and O–H groups in total. The molecule has 0 saturated carbocycles. The summed E-state index contributed by atoms with van der Waals surface area (Å²) in [4.78, 5) is 16.8. The van der Waals surface area contributed by atoms with Gasteiger partial charge in [0, 0.05) is 11.3 Å². The Labute approximate surface area is 204 Å². The molecular weight excluding hydrogens is 446 g/mol. The van der Waals surface area contributed by atoms with E-state index in [9.17, 15) is 4.79 Å². The highest BCUT2D eigenvalue weighted by Gasteiger charge is 2.12. The zero-order valence-electron chi connectivity index (χ0n) is 19.4. The first-order chi connectivity index (χ1) is 16.4. The molecule has 1 atom stereocenters. The summed E-state index contributed by atoms with van der Waals surface area (Å²) in [7, 11) is 0. The molecule has 0 unspecified atom stereocenters. The molecule has 0 aliphatic rings. The fourth-order valence-electron chi connectivity index (χ4n) is 3.41. The minimum atomic E-state index is -0.335. The van der Waals surface area contributed by atoms with Gasteiger partial charge in [0.05, 0.1) is 0 Å². The Balaban J connectivity index is 1.33. The average molecular weight is 474 g/mol. The molecule has 7 heteroatoms. The summed E-state index contributed by atoms with van der Waals surface area (Å²) in [5.41, 5.74) is 5.60. The Morgan fingerprint density at radius 1 is 1.09 bits per heavy atom. The van der Waals surface area contributed by atoms with Gasteiger partial charge in [-0.3, -0.25) is 10.1 Å². The third-order valence-electron chi connectivity index (χ3n) is 5.63. The van der Waals surface area contributed by atoms with Crippen molar-refractivity contribution >= 4 is 40.0 Å². The van der Waals surface area contributed by atoms with E-state index in [0.717, 1.165) is 34.3 Å². The van der Waals surface area contributed by atoms with Gasteiger partial charge in [0.1, 0.15) is 11.3 Å². The molecule has 3 aromatic carbocycles. The number of aryl methyl sites for hydroxylation is 1. The Morgan fingerprint density at radius 3 is 2.53 bits per heavy atom. The van der Waals surface area contributed by atoms with E-state index in [-0.39, 0.29) is 17.6 Å². The van der Waals surface area contributed by atoms with Crippen LogP contribution in [0.1, 0.15) is 37.3 Å². The van der Waals surface area contributed by atoms with Gasteiger partial charge in [0.2, 0.25) is 5.89 Å². The van der Waals surface area contributed by atoms with Crippen LogP contribution >= 0.6 is 12.2 Å². The molecule has 1 heterocycles. The number of hydrogen-bond donors (Lipinski definition) is 2. The third kappa shape index (κ3) is 5.80. The van der Waals surface area contributed by atoms with E-state index < -0.39 is 0 Å². The van der Waals surface area contributed by atoms with Gasteiger partial charge in [0.15, 0.2) is 17.3 Å². The third-order valence-corrected chi connectivity index (χ3v) is 5.83. The van der Waals surface area contributed by atoms with E-state index in [1.807, 2.05) is 61.5 Å². The van der Waals surface area contributed by atoms with Crippen LogP contribution in [0.3, 0.4) is 0 Å². The van der Waals surface area contributed by atoms with Crippen LogP contribution in [0, 0.1) is 6.92 Å². The van der Waals surface area contributed by atoms with Crippen LogP contribution in [0.5, 0.6) is 5.75 Å². The molecule has 6 nitrogen and oxygen atoms in total. The van der Waals surface area contributed by atoms with Crippen molar-refractivity contribution in [2.45, 2.75) is 33.1 Å². The summed E-state index contributed by atoms with van der Waals surface area (Å²) in [6, 6.07) is 21.2. The van der Waals surface area contributed by atoms with Crippen LogP contribution in [-0.2, 0) is 4.79 Å². The number of hydrogen-bond acceptors (Lipinski definition) is 5. The highest BCUT2D eigenvalue weighted by Crippen LogP contribution is 2.28. The summed E-state index contributed by atoms with van der Waals surface area (Å²) >= 11 is 5.24. The molecule has 34 heavy (non-hydrogen) atoms. The monoisotopic (exact) mass is 473 g/mol. The molecule has 1 aromatic heterocycles. The Morgan fingerprint density at radius 2 is 1.82 bits per heavy atom. The normalized spacial score (nSPS) is 11.7. The lowest BCUT2D eigenvalue weighted by atomic mass is 9.98. The van der Waals surface area contributed by atoms with Crippen LogP contribution < -0.4 is 15.4 Å². The van der Waals surface area contributed by atoms with Crippen LogP contribution in [0.15, 0.2) is 71.1 Å². The van der Waals surface area contributed by atoms with Gasteiger partial charge in [-0.1, -0.05) is 37.6 Å². The summed E-state index contributed by atoms with van der Waals surface area (Å²) in [5.74, 6) is 1.34. The molecule has 0 spiro atoms. The lowest BCUT2D eigenvalue weighted by molar-refractivity contribution is -0.121. The summed E-state index contributed by atoms with van der Waals surface area (Å²) < 4.78 is 11.4. The van der Waals surface area contributed by atoms with E-state index in [1.54, 1.807) is 0 Å². The van der Waals surface area contributed by atoms with E-state index in [4.69, 9.17) is 21.4 Å². The number of carbonyl (C=O) groups excluding carboxylic acids is 1. The lowest BCUT2D eigenvalue weighted by Gasteiger charge is -2.10. The fraction of sp³-hybridized carbons (Fsp3) is 0.222. The van der Waals surface area contributed by atoms with E-state index in [2.05, 4.69) is 41.6 Å². The van der Waals surface area contributed by atoms with Gasteiger partial charge in [-0.25, -0.2) is 4.98 Å². The molecular formula is C27H27N3O3S. The van der Waals surface area contributed by atoms with E-state index in [1.165, 1.54) is 5.56 Å². The van der Waals surface area contributed by atoms with Crippen molar-refractivity contribution in [3.05, 3.63) is 77.9 Å². The highest BCUT2D eigenvalue weighted by atomic mass is 32.1. The molecule has 1 amide bonds. The number of thiocarbonyl (C=S) groups is 1. The van der Waals surface area contributed by atoms with Gasteiger partial charge in [0.25, 0.3) is 5.91 Å². The van der Waals surface area contributed by atoms with Gasteiger partial charge in [-0.05, 0) is 85.6 Å². The molecule has 0 aliphatic carbocycles. The van der Waals surface area contributed by atoms with E-state index in [0.29, 0.717) is 17.6 Å². The van der Waals surface area contributed by atoms with Gasteiger partial charge in [-0.15, -0.1) is 0 Å². The molecule has 0 bridgehead atoms. The maximum Gasteiger partial charge on any atom is 0.264 e. The van der Waals surface area contributed by atoms with Crippen LogP contribution in [0.2, 0.25) is 0 Å². The number of anilines is 1. The number of rotatable bonds is 7. The molecule has 4 rings (SSSR count). The highest BCUT2D eigenvalue weighted by molar-refractivity contribution is 7.80. The van der Waals surface area contributed by atoms with Crippen LogP contribution in [-0.4, -0.2) is 22.6 Å². The first-order valence-electron chi connectivity index (χ1n) is 11.2. The molecule has 0 aliphatic heterocycles. The van der Waals surface area contributed by atoms with Crippen molar-refractivity contribution in [1.29, 1.82) is 0 Å². The molecule has 0 saturated heterocycles. The number of oxazole rings is 1. The van der Waals surface area contributed by atoms with Gasteiger partial charge in [-0.2, -0.15) is 0 Å². The van der Waals surface area contributed by atoms with Crippen LogP contribution in [0.25, 0.3) is 22.6 Å². The number of aromatic nitrogens is 1. The van der Waals surface area contributed by atoms with Crippen molar-refractivity contribution < 1.29 is 13.9 Å². The van der Waals surface area contributed by atoms with Gasteiger partial charge < -0.3 is 14.5 Å². The average Bonchev–Trinajstić information content (AvgIpc) is 3.27. The second-order valence-electron chi connectivity index (χ2n) is 8.24. The predicted octanol–water partition coefficient (Wildman–Crippen LogP) is 6.21. The Hall–Kier alpha value is -3.71. The van der Waals surface area contributed by atoms with Crippen molar-refractivity contribution in [2.24, 2.45) is 0 Å². The fourth-order valence-corrected chi connectivity index (χ4v) is 3.65. The molecule has 0 radical (unpaired) electrons. The predicted molar refractivity (Wildman–Crippen MR) is 139 cm³/mol. The number of nitrogens with one attached hydrogen (secondary N) is 2. The first-order valence-corrected chi connectivity index (χ1v) is 11.6. The number of amides is 1. The first kappa shape index (κ1) is 23.4. The maximum atomic E-state index is 12.1. The van der Waals surface area contributed by atoms with Crippen LogP contribution in [0.4, 0.5) is 5.69 Å². The second kappa shape index (κ2) is 10.5. The SMILES string of the molecule is CC[C@H](C)c1ccc2oc(-c3ccc(NC(=S)NC(=O)COc4ccc(C)cc4)cc3)nc2c1. The largest absolute Gasteiger partial charge is 0.484 e. The number of benzene rings is 3. The Bertz CT molecular complexity index is 1300. The summed E-state index contributed by atoms with van der Waals surface area (Å²) in [6.45, 7) is 6.25. The molecule has 174 valence electrons. The summed E-state index contributed by atoms with van der Waals surface area (Å²) in [5, 5.41) is 5.82. The van der Waals surface area contributed by atoms with E-state index >= 15 is 0 Å². The minimum Gasteiger partial charge on any atom is -0.484 e. The standard InChI is InChI=1S/C27H27N3O3S/c1-4-18(3)20-9-14-24-23(15-20)29-26(33-24)19-7-10-21(11-8-19)28-27(34)30-25(31)16-32-22-12-5-17(2)6-13-22/h5-15,18H,4,16H2,1-3H3,(H2,28,30,31,34)/t18-/m0/s1. The van der Waals surface area contributed by atoms with Crippen molar-refractivity contribution in [3.63, 3.8) is 0 Å². The Kier molecular flexibility index (Phi) is 7.23. The second-order valence-corrected chi connectivity index (χ2v) is 8.65. The number of nitrogens with zero attached hydrogens (tertiary/aromatic N) is 1. The minimum absolute atomic E-state index is 0.125. The maximum absolute atomic E-state index is 12.1. The molecule has 4 aromatic rings. The summed E-state index contributed by atoms with van der Waals surface area (Å²) in [6.07, 6.45) is 1.08. The zero-order chi connectivity index (χ0) is 24.1. The number of ether oxygens (including phenoxy) is 1. The number of fused-ring (bicyclic) bond motifs is 1. The smallest absolute Gasteiger partial charge is 0.264 e. The lowest BCUT2D eigenvalue weighted by Crippen LogP contribution is -2.37. The molecule has 0 fully saturated rings. The topological polar surface area (TPSA) is 76.4 Å². The number of carbonyl (C=O) groups is 1. The quantitative estimate of drug-likeness (QED) is 0.311. The van der Waals surface area contributed by atoms with Gasteiger partial charge >= 0.3 is 0 Å². The zero-order valence-corrected chi connectivity index (χ0v) is 20.2. The van der Waals surface area contributed by atoms with Crippen molar-refractivity contribution in [2.75, 3.05) is 11.9 Å². The van der Waals surface area contributed by atoms with Crippen molar-refractivity contribution in [3.8, 4) is 17.2 Å². The van der Waals surface area contributed by atoms with Crippen molar-refractivity contribution in [1.82, 2.24) is 10.3 Å².